The van der Waals surface area contributed by atoms with Crippen LogP contribution in [0.5, 0.6) is 0 Å². The number of carbonyl (C=O) groups is 2. The number of amides is 2. The molecule has 0 saturated heterocycles. The van der Waals surface area contributed by atoms with Crippen molar-refractivity contribution in [2.24, 2.45) is 17.1 Å². The largest absolute Gasteiger partial charge is 0.354 e. The Balaban J connectivity index is 2.62. The van der Waals surface area contributed by atoms with Gasteiger partial charge in [-0.2, -0.15) is 0 Å². The molecular formula is C17H33N3O2. The predicted octanol–water partition coefficient (Wildman–Crippen LogP) is 1.95. The third-order valence-corrected chi connectivity index (χ3v) is 5.04. The Labute approximate surface area is 134 Å². The van der Waals surface area contributed by atoms with E-state index in [4.69, 9.17) is 5.73 Å². The molecule has 2 unspecified atom stereocenters. The average Bonchev–Trinajstić information content (AvgIpc) is 2.49. The second kappa shape index (κ2) is 8.51. The van der Waals surface area contributed by atoms with Crippen molar-refractivity contribution >= 4 is 11.8 Å². The summed E-state index contributed by atoms with van der Waals surface area (Å²) < 4.78 is 0. The first kappa shape index (κ1) is 18.9. The van der Waals surface area contributed by atoms with Gasteiger partial charge < -0.3 is 16.4 Å². The molecule has 0 aromatic rings. The quantitative estimate of drug-likeness (QED) is 0.672. The number of rotatable bonds is 7. The lowest BCUT2D eigenvalue weighted by Gasteiger charge is -2.34. The molecule has 22 heavy (non-hydrogen) atoms. The summed E-state index contributed by atoms with van der Waals surface area (Å²) in [5, 5.41) is 6.13. The molecule has 0 spiro atoms. The Hall–Kier alpha value is -1.10. The molecule has 2 atom stereocenters. The van der Waals surface area contributed by atoms with Gasteiger partial charge in [0.05, 0.1) is 5.41 Å². The molecule has 128 valence electrons. The van der Waals surface area contributed by atoms with Crippen LogP contribution in [-0.2, 0) is 9.59 Å². The van der Waals surface area contributed by atoms with Crippen LogP contribution in [0.1, 0.15) is 66.2 Å². The zero-order chi connectivity index (χ0) is 16.8. The van der Waals surface area contributed by atoms with E-state index < -0.39 is 5.41 Å². The topological polar surface area (TPSA) is 84.2 Å². The van der Waals surface area contributed by atoms with Crippen molar-refractivity contribution in [1.29, 1.82) is 0 Å². The van der Waals surface area contributed by atoms with E-state index in [1.165, 1.54) is 0 Å². The van der Waals surface area contributed by atoms with E-state index in [2.05, 4.69) is 10.6 Å². The van der Waals surface area contributed by atoms with Crippen LogP contribution in [0.2, 0.25) is 0 Å². The molecular weight excluding hydrogens is 278 g/mol. The maximum atomic E-state index is 12.6. The summed E-state index contributed by atoms with van der Waals surface area (Å²) in [6, 6.07) is 0.251. The lowest BCUT2D eigenvalue weighted by molar-refractivity contribution is -0.133. The third kappa shape index (κ3) is 4.70. The lowest BCUT2D eigenvalue weighted by atomic mass is 9.80. The van der Waals surface area contributed by atoms with Crippen LogP contribution in [-0.4, -0.2) is 30.4 Å². The first-order valence-corrected chi connectivity index (χ1v) is 8.70. The molecule has 1 saturated carbocycles. The van der Waals surface area contributed by atoms with Gasteiger partial charge in [0.15, 0.2) is 0 Å². The van der Waals surface area contributed by atoms with E-state index in [1.54, 1.807) is 0 Å². The van der Waals surface area contributed by atoms with Crippen molar-refractivity contribution in [1.82, 2.24) is 10.6 Å². The smallest absolute Gasteiger partial charge is 0.227 e. The van der Waals surface area contributed by atoms with Gasteiger partial charge in [-0.25, -0.2) is 0 Å². The maximum Gasteiger partial charge on any atom is 0.227 e. The Morgan fingerprint density at radius 2 is 1.86 bits per heavy atom. The second-order valence-corrected chi connectivity index (χ2v) is 6.89. The van der Waals surface area contributed by atoms with Gasteiger partial charge in [0.1, 0.15) is 0 Å². The zero-order valence-corrected chi connectivity index (χ0v) is 14.6. The summed E-state index contributed by atoms with van der Waals surface area (Å²) in [6.45, 7) is 8.33. The lowest BCUT2D eigenvalue weighted by Crippen LogP contribution is -2.50. The first-order chi connectivity index (χ1) is 10.4. The van der Waals surface area contributed by atoms with E-state index >= 15 is 0 Å². The van der Waals surface area contributed by atoms with Crippen LogP contribution in [0.3, 0.4) is 0 Å². The minimum Gasteiger partial charge on any atom is -0.354 e. The van der Waals surface area contributed by atoms with Crippen molar-refractivity contribution in [3.8, 4) is 0 Å². The normalized spacial score (nSPS) is 22.5. The van der Waals surface area contributed by atoms with Gasteiger partial charge >= 0.3 is 0 Å². The number of nitrogens with one attached hydrogen (secondary N) is 2. The number of hydrogen-bond acceptors (Lipinski definition) is 3. The number of carbonyl (C=O) groups excluding carboxylic acids is 2. The summed E-state index contributed by atoms with van der Waals surface area (Å²) in [5.74, 6) is 0.178. The molecule has 0 radical (unpaired) electrons. The molecule has 4 N–H and O–H groups in total. The van der Waals surface area contributed by atoms with Gasteiger partial charge in [0.25, 0.3) is 0 Å². The fourth-order valence-corrected chi connectivity index (χ4v) is 3.25. The van der Waals surface area contributed by atoms with Crippen LogP contribution in [0.25, 0.3) is 0 Å². The highest BCUT2D eigenvalue weighted by Gasteiger charge is 2.36. The van der Waals surface area contributed by atoms with E-state index in [0.717, 1.165) is 38.5 Å². The van der Waals surface area contributed by atoms with Crippen molar-refractivity contribution in [3.63, 3.8) is 0 Å². The number of hydrogen-bond donors (Lipinski definition) is 3. The van der Waals surface area contributed by atoms with Gasteiger partial charge in [-0.3, -0.25) is 9.59 Å². The van der Waals surface area contributed by atoms with E-state index in [9.17, 15) is 9.59 Å². The Kier molecular flexibility index (Phi) is 7.33. The first-order valence-electron chi connectivity index (χ1n) is 8.70. The summed E-state index contributed by atoms with van der Waals surface area (Å²) >= 11 is 0. The predicted molar refractivity (Wildman–Crippen MR) is 89.2 cm³/mol. The van der Waals surface area contributed by atoms with Crippen molar-refractivity contribution in [2.75, 3.05) is 6.54 Å². The summed E-state index contributed by atoms with van der Waals surface area (Å²) in [7, 11) is 0. The van der Waals surface area contributed by atoms with Gasteiger partial charge in [0, 0.05) is 24.5 Å². The zero-order valence-electron chi connectivity index (χ0n) is 14.6. The Morgan fingerprint density at radius 3 is 2.36 bits per heavy atom. The van der Waals surface area contributed by atoms with Crippen LogP contribution < -0.4 is 16.4 Å². The van der Waals surface area contributed by atoms with Gasteiger partial charge in [-0.05, 0) is 46.0 Å². The highest BCUT2D eigenvalue weighted by Crippen LogP contribution is 2.28. The minimum atomic E-state index is -0.465. The highest BCUT2D eigenvalue weighted by molar-refractivity contribution is 5.83. The van der Waals surface area contributed by atoms with Crippen molar-refractivity contribution in [3.05, 3.63) is 0 Å². The fourth-order valence-electron chi connectivity index (χ4n) is 3.25. The summed E-state index contributed by atoms with van der Waals surface area (Å²) in [4.78, 5) is 24.8. The third-order valence-electron chi connectivity index (χ3n) is 5.04. The molecule has 0 aromatic heterocycles. The summed E-state index contributed by atoms with van der Waals surface area (Å²) in [5.41, 5.74) is 5.38. The van der Waals surface area contributed by atoms with Crippen LogP contribution in [0, 0.1) is 11.3 Å². The molecule has 5 heteroatoms. The minimum absolute atomic E-state index is 0.0111. The molecule has 0 aromatic carbocycles. The van der Waals surface area contributed by atoms with E-state index in [-0.39, 0.29) is 29.8 Å². The Morgan fingerprint density at radius 1 is 1.23 bits per heavy atom. The standard InChI is InChI=1S/C17H33N3O2/c1-5-17(6-2,11-18)16(22)20-14-9-7-8-13(10-14)15(21)19-12(3)4/h12-14H,5-11,18H2,1-4H3,(H,19,21)(H,20,22). The molecule has 1 fully saturated rings. The van der Waals surface area contributed by atoms with E-state index in [1.807, 2.05) is 27.7 Å². The number of nitrogens with two attached hydrogens (primary N) is 1. The molecule has 0 heterocycles. The molecule has 2 amide bonds. The average molecular weight is 311 g/mol. The van der Waals surface area contributed by atoms with Crippen LogP contribution >= 0.6 is 0 Å². The molecule has 0 aliphatic heterocycles. The van der Waals surface area contributed by atoms with Gasteiger partial charge in [-0.15, -0.1) is 0 Å². The fraction of sp³-hybridized carbons (Fsp3) is 0.882. The molecule has 1 aliphatic rings. The Bertz CT molecular complexity index is 370. The van der Waals surface area contributed by atoms with Crippen molar-refractivity contribution < 1.29 is 9.59 Å². The highest BCUT2D eigenvalue weighted by atomic mass is 16.2. The monoisotopic (exact) mass is 311 g/mol. The van der Waals surface area contributed by atoms with Gasteiger partial charge in [0.2, 0.25) is 11.8 Å². The second-order valence-electron chi connectivity index (χ2n) is 6.89. The van der Waals surface area contributed by atoms with Crippen molar-refractivity contribution in [2.45, 2.75) is 78.3 Å². The molecule has 1 aliphatic carbocycles. The maximum absolute atomic E-state index is 12.6. The summed E-state index contributed by atoms with van der Waals surface area (Å²) in [6.07, 6.45) is 5.07. The molecule has 0 bridgehead atoms. The SMILES string of the molecule is CCC(CC)(CN)C(=O)NC1CCCC(C(=O)NC(C)C)C1. The van der Waals surface area contributed by atoms with Gasteiger partial charge in [-0.1, -0.05) is 20.3 Å². The molecule has 5 nitrogen and oxygen atoms in total. The van der Waals surface area contributed by atoms with Crippen LogP contribution in [0.4, 0.5) is 0 Å². The molecule has 1 rings (SSSR count). The van der Waals surface area contributed by atoms with E-state index in [0.29, 0.717) is 6.54 Å². The van der Waals surface area contributed by atoms with Crippen LogP contribution in [0.15, 0.2) is 0 Å².